The highest BCUT2D eigenvalue weighted by Gasteiger charge is 2.65. The molecule has 0 radical (unpaired) electrons. The van der Waals surface area contributed by atoms with E-state index in [9.17, 15) is 35.1 Å². The number of Topliss-reactive ketones (excluding diaryl/α,β-unsaturated/α-hetero) is 1. The molecule has 2 N–H and O–H groups in total. The normalized spacial score (nSPS) is 25.0. The molecule has 18 rings (SSSR count). The number of ketones is 1. The summed E-state index contributed by atoms with van der Waals surface area (Å²) in [5.74, 6) is 4.63. The SMILES string of the molecule is COCOc1c(C)c(C)cc2c1[C@@H]1C3CC4(O)C(=O)C(C)=C5OCOC5=C4[C@H](COC(=O)[C@H](C)CSCC4c5ccccc5-c5ccccc54)N3[C@@H](C#N)[C@H](C2)N1C.COCOc1c(C)c(C)cc2c1[C@@H]1C3Cc4c(O)c(C)c5c(c4[C@H](COC(=O)[C@H](C)CSCC4c6ccccc6-c6ccccc64)N3[C@@H](C#N)[C@H](C2)N1C)OCO5.ClCCl. The van der Waals surface area contributed by atoms with Gasteiger partial charge in [-0.05, 0) is 153 Å². The van der Waals surface area contributed by atoms with Gasteiger partial charge in [0, 0.05) is 119 Å². The lowest BCUT2D eigenvalue weighted by molar-refractivity contribution is -0.160. The maximum absolute atomic E-state index is 14.4. The Bertz CT molecular complexity index is 5210. The number of piperidine rings is 1. The molecule has 7 aromatic carbocycles. The van der Waals surface area contributed by atoms with Gasteiger partial charge in [-0.2, -0.15) is 34.0 Å². The highest BCUT2D eigenvalue weighted by Crippen LogP contribution is 2.61. The van der Waals surface area contributed by atoms with Crippen LogP contribution in [0.4, 0.5) is 0 Å². The number of fused-ring (bicyclic) bond motifs is 23. The second-order valence-corrected chi connectivity index (χ2v) is 35.8. The van der Waals surface area contributed by atoms with E-state index in [2.05, 4.69) is 162 Å². The van der Waals surface area contributed by atoms with Crippen LogP contribution >= 0.6 is 46.7 Å². The van der Waals surface area contributed by atoms with Gasteiger partial charge in [0.15, 0.2) is 48.0 Å². The minimum Gasteiger partial charge on any atom is -0.507 e. The van der Waals surface area contributed by atoms with Crippen molar-refractivity contribution >= 4 is 64.4 Å². The van der Waals surface area contributed by atoms with E-state index in [0.29, 0.717) is 59.2 Å². The Morgan fingerprint density at radius 2 is 1.01 bits per heavy atom. The molecule has 618 valence electrons. The number of ether oxygens (including phenoxy) is 10. The van der Waals surface area contributed by atoms with E-state index in [4.69, 9.17) is 70.6 Å². The quantitative estimate of drug-likeness (QED) is 0.0409. The Kier molecular flexibility index (Phi) is 23.9. The number of hydrogen-bond acceptors (Lipinski definition) is 23. The zero-order valence-electron chi connectivity index (χ0n) is 68.5. The van der Waals surface area contributed by atoms with Gasteiger partial charge in [0.2, 0.25) is 13.6 Å². The molecule has 7 aromatic rings. The molecule has 118 heavy (non-hydrogen) atoms. The molecule has 4 bridgehead atoms. The first-order valence-electron chi connectivity index (χ1n) is 40.4. The van der Waals surface area contributed by atoms with Gasteiger partial charge in [-0.3, -0.25) is 34.0 Å². The van der Waals surface area contributed by atoms with Gasteiger partial charge in [0.1, 0.15) is 42.5 Å². The lowest BCUT2D eigenvalue weighted by Crippen LogP contribution is -2.74. The van der Waals surface area contributed by atoms with E-state index in [1.54, 1.807) is 44.7 Å². The number of benzene rings is 7. The Balaban J connectivity index is 0.000000171. The van der Waals surface area contributed by atoms with E-state index in [-0.39, 0.29) is 135 Å². The number of hydrogen-bond donors (Lipinski definition) is 2. The van der Waals surface area contributed by atoms with Crippen LogP contribution in [0.5, 0.6) is 28.7 Å². The van der Waals surface area contributed by atoms with Crippen LogP contribution in [0.3, 0.4) is 0 Å². The minimum absolute atomic E-state index is 0.00678. The maximum Gasteiger partial charge on any atom is 0.309 e. The van der Waals surface area contributed by atoms with Crippen LogP contribution in [0.2, 0.25) is 0 Å². The Labute approximate surface area is 708 Å². The summed E-state index contributed by atoms with van der Waals surface area (Å²) in [6, 6.07) is 39.5. The van der Waals surface area contributed by atoms with Crippen LogP contribution in [0.25, 0.3) is 22.3 Å². The molecule has 8 aliphatic heterocycles. The van der Waals surface area contributed by atoms with Crippen molar-refractivity contribution in [2.75, 3.05) is 97.1 Å². The molecule has 11 aliphatic rings. The van der Waals surface area contributed by atoms with Gasteiger partial charge in [-0.15, -0.1) is 23.2 Å². The van der Waals surface area contributed by atoms with E-state index < -0.39 is 47.5 Å². The van der Waals surface area contributed by atoms with Crippen LogP contribution in [-0.4, -0.2) is 192 Å². The second-order valence-electron chi connectivity index (χ2n) is 32.8. The third-order valence-electron chi connectivity index (χ3n) is 26.6. The summed E-state index contributed by atoms with van der Waals surface area (Å²) < 4.78 is 59.9. The number of phenols is 1. The minimum atomic E-state index is -2.00. The molecule has 25 heteroatoms. The number of halogens is 2. The highest BCUT2D eigenvalue weighted by molar-refractivity contribution is 7.99. The van der Waals surface area contributed by atoms with Crippen molar-refractivity contribution in [2.45, 2.75) is 159 Å². The highest BCUT2D eigenvalue weighted by atomic mass is 35.5. The van der Waals surface area contributed by atoms with Crippen molar-refractivity contribution in [3.05, 3.63) is 215 Å². The largest absolute Gasteiger partial charge is 0.507 e. The van der Waals surface area contributed by atoms with E-state index in [1.165, 1.54) is 44.5 Å². The average molecular weight is 1680 g/mol. The Morgan fingerprint density at radius 1 is 0.585 bits per heavy atom. The maximum atomic E-state index is 14.4. The van der Waals surface area contributed by atoms with Gasteiger partial charge >= 0.3 is 11.9 Å². The number of nitrogens with zero attached hydrogens (tertiary/aromatic N) is 6. The number of carbonyl (C=O) groups is 3. The van der Waals surface area contributed by atoms with E-state index >= 15 is 0 Å². The van der Waals surface area contributed by atoms with Gasteiger partial charge in [0.25, 0.3) is 0 Å². The Hall–Kier alpha value is -8.79. The molecule has 3 unspecified atom stereocenters. The van der Waals surface area contributed by atoms with E-state index in [1.807, 2.05) is 41.7 Å². The Morgan fingerprint density at radius 3 is 1.47 bits per heavy atom. The van der Waals surface area contributed by atoms with Crippen molar-refractivity contribution in [2.24, 2.45) is 11.8 Å². The van der Waals surface area contributed by atoms with Gasteiger partial charge < -0.3 is 57.6 Å². The lowest BCUT2D eigenvalue weighted by Gasteiger charge is -2.62. The average Bonchev–Trinajstić information content (AvgIpc) is 0.848. The van der Waals surface area contributed by atoms with Crippen LogP contribution in [0.1, 0.15) is 141 Å². The first kappa shape index (κ1) is 82.9. The number of alkyl halides is 2. The number of piperazine rings is 2. The number of phenolic OH excluding ortho intramolecular Hbond substituents is 1. The van der Waals surface area contributed by atoms with Crippen molar-refractivity contribution in [3.63, 3.8) is 0 Å². The number of likely N-dealkylation sites (N-methyl/N-ethyl adjacent to an activating group) is 2. The zero-order valence-corrected chi connectivity index (χ0v) is 71.7. The summed E-state index contributed by atoms with van der Waals surface area (Å²) in [4.78, 5) is 51.2. The third-order valence-corrected chi connectivity index (χ3v) is 29.2. The molecule has 13 atom stereocenters. The van der Waals surface area contributed by atoms with Crippen molar-refractivity contribution in [1.29, 1.82) is 10.5 Å². The topological polar surface area (TPSA) is 245 Å². The van der Waals surface area contributed by atoms with Crippen molar-refractivity contribution in [1.82, 2.24) is 19.6 Å². The zero-order chi connectivity index (χ0) is 83.0. The van der Waals surface area contributed by atoms with Gasteiger partial charge in [-0.25, -0.2) is 0 Å². The first-order valence-corrected chi connectivity index (χ1v) is 43.8. The standard InChI is InChI=1S/C46H49N3O8S.C46H49N3O7S.CH2Cl2/c1-24-15-28-16-34-36(18-47)49-35(40(48(34)5)38(28)41(26(24)3)55-22-53-6)17-46(52)39(43-42(56-23-57-43)27(4)44(46)50)37(49)19-54-45(51)25(2)20-58-21-33-31-13-9-7-11-29(31)30-12-8-10-14-32(30)33;1-24-15-28-16-35-37(18-47)49-36(41(48(35)5)39(28)43(26(24)3)54-22-52-6)17-33-40(45-44(55-23-56-45)27(4)42(33)50)38(49)19-53-46(51)25(2)20-57-21-34-31-13-9-7-11-29(31)30-12-8-10-14-32(30)34;2-1-3/h7-15,25,33-37,40,52H,16-17,19-23H2,1-6H3;7-15,25,34-38,41,50H,16-17,19-23H2,1-6H3;1H2/t25-,34+,35?,36+,37+,40+,46?;25-,35+,36?,37+,38+,41+;/m11./s1. The summed E-state index contributed by atoms with van der Waals surface area (Å²) in [6.45, 7) is 15.4. The predicted octanol–water partition coefficient (Wildman–Crippen LogP) is 15.1. The molecule has 0 aromatic heterocycles. The molecule has 4 saturated heterocycles. The molecule has 8 heterocycles. The summed E-state index contributed by atoms with van der Waals surface area (Å²) in [5, 5.41) is 46.9. The summed E-state index contributed by atoms with van der Waals surface area (Å²) in [6.07, 6.45) is 1.65. The van der Waals surface area contributed by atoms with Gasteiger partial charge in [-0.1, -0.05) is 123 Å². The molecule has 0 spiro atoms. The molecule has 4 fully saturated rings. The monoisotopic (exact) mass is 1670 g/mol. The number of rotatable bonds is 20. The number of methoxy groups -OCH3 is 2. The number of aromatic hydroxyl groups is 1. The number of nitriles is 2. The molecule has 21 nitrogen and oxygen atoms in total. The van der Waals surface area contributed by atoms with Crippen LogP contribution in [-0.2, 0) is 62.1 Å². The van der Waals surface area contributed by atoms with Crippen LogP contribution in [0, 0.1) is 69.1 Å². The third kappa shape index (κ3) is 14.0. The number of carbonyl (C=O) groups excluding carboxylic acids is 3. The number of thioether (sulfide) groups is 2. The van der Waals surface area contributed by atoms with E-state index in [0.717, 1.165) is 72.9 Å². The molecular weight excluding hydrogens is 1580 g/mol. The van der Waals surface area contributed by atoms with Gasteiger partial charge in [0.05, 0.1) is 53.5 Å². The summed E-state index contributed by atoms with van der Waals surface area (Å²) >= 11 is 13.0. The fourth-order valence-electron chi connectivity index (χ4n) is 20.9. The first-order chi connectivity index (χ1) is 57.0. The predicted molar refractivity (Wildman–Crippen MR) is 452 cm³/mol. The van der Waals surface area contributed by atoms with Crippen molar-refractivity contribution in [3.8, 4) is 63.1 Å². The second kappa shape index (κ2) is 34.0. The fourth-order valence-corrected chi connectivity index (χ4v) is 23.4. The summed E-state index contributed by atoms with van der Waals surface area (Å²) in [7, 11) is 7.29. The fraction of sp³-hybridized carbons (Fsp3) is 0.452. The molecule has 3 aliphatic carbocycles. The summed E-state index contributed by atoms with van der Waals surface area (Å²) in [5.41, 5.74) is 19.5. The molecular formula is C93H100Cl2N6O15S2. The smallest absolute Gasteiger partial charge is 0.309 e. The number of esters is 2. The number of aryl methyl sites for hydroxylation is 2. The number of aliphatic hydroxyl groups is 1. The van der Waals surface area contributed by atoms with Crippen LogP contribution < -0.4 is 18.9 Å². The molecule has 0 amide bonds. The van der Waals surface area contributed by atoms with Crippen LogP contribution in [0.15, 0.2) is 132 Å². The molecule has 0 saturated carbocycles. The lowest BCUT2D eigenvalue weighted by atomic mass is 9.64. The van der Waals surface area contributed by atoms with Crippen molar-refractivity contribution < 1.29 is 72.0 Å².